The smallest absolute Gasteiger partial charge is 0.316 e. The molecular formula is C18H16Cl3NO3. The van der Waals surface area contributed by atoms with Crippen LogP contribution in [0.2, 0.25) is 15.1 Å². The number of esters is 1. The second kappa shape index (κ2) is 8.09. The molecule has 0 spiro atoms. The summed E-state index contributed by atoms with van der Waals surface area (Å²) in [6.07, 6.45) is 0. The van der Waals surface area contributed by atoms with E-state index in [-0.39, 0.29) is 15.7 Å². The Labute approximate surface area is 161 Å². The fraction of sp³-hybridized carbons (Fsp3) is 0.222. The lowest BCUT2D eigenvalue weighted by molar-refractivity contribution is -0.152. The van der Waals surface area contributed by atoms with Gasteiger partial charge >= 0.3 is 5.97 Å². The van der Waals surface area contributed by atoms with Crippen LogP contribution < -0.4 is 5.32 Å². The highest BCUT2D eigenvalue weighted by atomic mass is 35.5. The second-order valence-electron chi connectivity index (χ2n) is 5.86. The van der Waals surface area contributed by atoms with E-state index in [0.717, 1.165) is 5.56 Å². The van der Waals surface area contributed by atoms with E-state index in [1.54, 1.807) is 13.8 Å². The Morgan fingerprint density at radius 1 is 1.04 bits per heavy atom. The molecule has 7 heteroatoms. The van der Waals surface area contributed by atoms with E-state index in [2.05, 4.69) is 5.32 Å². The van der Waals surface area contributed by atoms with E-state index in [9.17, 15) is 9.59 Å². The summed E-state index contributed by atoms with van der Waals surface area (Å²) in [5.41, 5.74) is 0.136. The number of anilines is 1. The maximum Gasteiger partial charge on any atom is 0.316 e. The number of benzene rings is 2. The van der Waals surface area contributed by atoms with Gasteiger partial charge in [0.15, 0.2) is 6.61 Å². The van der Waals surface area contributed by atoms with Crippen molar-refractivity contribution in [2.24, 2.45) is 0 Å². The first-order chi connectivity index (χ1) is 11.7. The number of hydrogen-bond donors (Lipinski definition) is 1. The molecule has 0 aliphatic heterocycles. The van der Waals surface area contributed by atoms with Gasteiger partial charge in [-0.25, -0.2) is 0 Å². The maximum atomic E-state index is 12.3. The molecule has 2 aromatic carbocycles. The van der Waals surface area contributed by atoms with E-state index in [4.69, 9.17) is 39.5 Å². The van der Waals surface area contributed by atoms with Crippen LogP contribution in [0.3, 0.4) is 0 Å². The Morgan fingerprint density at radius 3 is 2.16 bits per heavy atom. The van der Waals surface area contributed by atoms with Gasteiger partial charge in [-0.15, -0.1) is 0 Å². The quantitative estimate of drug-likeness (QED) is 0.710. The van der Waals surface area contributed by atoms with Gasteiger partial charge in [0.25, 0.3) is 5.91 Å². The number of nitrogens with one attached hydrogen (secondary N) is 1. The largest absolute Gasteiger partial charge is 0.455 e. The third-order valence-electron chi connectivity index (χ3n) is 3.61. The highest BCUT2D eigenvalue weighted by molar-refractivity contribution is 6.42. The van der Waals surface area contributed by atoms with Gasteiger partial charge in [0.05, 0.1) is 21.1 Å². The van der Waals surface area contributed by atoms with Crippen molar-refractivity contribution in [2.45, 2.75) is 19.3 Å². The summed E-state index contributed by atoms with van der Waals surface area (Å²) < 4.78 is 5.14. The van der Waals surface area contributed by atoms with Gasteiger partial charge in [-0.3, -0.25) is 9.59 Å². The van der Waals surface area contributed by atoms with Gasteiger partial charge in [0.1, 0.15) is 0 Å². The van der Waals surface area contributed by atoms with E-state index in [0.29, 0.717) is 5.02 Å². The minimum absolute atomic E-state index is 0.196. The molecule has 0 radical (unpaired) electrons. The molecule has 4 nitrogen and oxygen atoms in total. The van der Waals surface area contributed by atoms with Gasteiger partial charge in [-0.2, -0.15) is 0 Å². The molecule has 2 aromatic rings. The summed E-state index contributed by atoms with van der Waals surface area (Å²) in [7, 11) is 0. The number of halogens is 3. The number of amides is 1. The second-order valence-corrected chi connectivity index (χ2v) is 7.11. The minimum Gasteiger partial charge on any atom is -0.455 e. The number of rotatable bonds is 5. The molecule has 1 amide bonds. The summed E-state index contributed by atoms with van der Waals surface area (Å²) >= 11 is 17.8. The number of ether oxygens (including phenoxy) is 1. The Morgan fingerprint density at radius 2 is 1.60 bits per heavy atom. The molecule has 1 N–H and O–H groups in total. The molecule has 0 aromatic heterocycles. The molecular weight excluding hydrogens is 385 g/mol. The average molecular weight is 401 g/mol. The standard InChI is InChI=1S/C18H16Cl3NO3/c1-18(2,11-6-4-3-5-7-11)17(24)25-10-15(23)22-16-13(20)8-12(19)9-14(16)21/h3-9H,10H2,1-2H3,(H,22,23). The molecule has 0 saturated carbocycles. The van der Waals surface area contributed by atoms with Crippen LogP contribution in [0.1, 0.15) is 19.4 Å². The molecule has 0 heterocycles. The normalized spacial score (nSPS) is 11.1. The van der Waals surface area contributed by atoms with Gasteiger partial charge in [-0.05, 0) is 31.5 Å². The molecule has 0 fully saturated rings. The molecule has 25 heavy (non-hydrogen) atoms. The Hall–Kier alpha value is -1.75. The molecule has 0 bridgehead atoms. The number of carbonyl (C=O) groups excluding carboxylic acids is 2. The summed E-state index contributed by atoms with van der Waals surface area (Å²) in [5, 5.41) is 3.26. The van der Waals surface area contributed by atoms with E-state index in [1.165, 1.54) is 12.1 Å². The lowest BCUT2D eigenvalue weighted by Gasteiger charge is -2.23. The first kappa shape index (κ1) is 19.6. The van der Waals surface area contributed by atoms with Crippen molar-refractivity contribution in [1.82, 2.24) is 0 Å². The van der Waals surface area contributed by atoms with Crippen LogP contribution in [-0.2, 0) is 19.7 Å². The Bertz CT molecular complexity index is 768. The molecule has 2 rings (SSSR count). The van der Waals surface area contributed by atoms with Gasteiger partial charge in [-0.1, -0.05) is 65.1 Å². The summed E-state index contributed by atoms with van der Waals surface area (Å²) in [5.74, 6) is -1.06. The van der Waals surface area contributed by atoms with Crippen molar-refractivity contribution < 1.29 is 14.3 Å². The Kier molecular flexibility index (Phi) is 6.33. The van der Waals surface area contributed by atoms with Crippen LogP contribution in [0.4, 0.5) is 5.69 Å². The van der Waals surface area contributed by atoms with Gasteiger partial charge in [0, 0.05) is 5.02 Å². The summed E-state index contributed by atoms with van der Waals surface area (Å²) in [4.78, 5) is 24.4. The molecule has 0 aliphatic carbocycles. The van der Waals surface area contributed by atoms with E-state index >= 15 is 0 Å². The Balaban J connectivity index is 1.99. The van der Waals surface area contributed by atoms with Crippen LogP contribution in [0.5, 0.6) is 0 Å². The predicted molar refractivity (Wildman–Crippen MR) is 101 cm³/mol. The predicted octanol–water partition coefficient (Wildman–Crippen LogP) is 5.11. The number of carbonyl (C=O) groups is 2. The summed E-state index contributed by atoms with van der Waals surface area (Å²) in [6, 6.07) is 12.1. The van der Waals surface area contributed by atoms with Crippen LogP contribution in [0.15, 0.2) is 42.5 Å². The SMILES string of the molecule is CC(C)(C(=O)OCC(=O)Nc1c(Cl)cc(Cl)cc1Cl)c1ccccc1. The van der Waals surface area contributed by atoms with Gasteiger partial charge < -0.3 is 10.1 Å². The van der Waals surface area contributed by atoms with E-state index < -0.39 is 23.9 Å². The molecule has 0 aliphatic rings. The van der Waals surface area contributed by atoms with Crippen molar-refractivity contribution in [3.8, 4) is 0 Å². The van der Waals surface area contributed by atoms with Crippen LogP contribution in [-0.4, -0.2) is 18.5 Å². The zero-order valence-corrected chi connectivity index (χ0v) is 15.9. The first-order valence-electron chi connectivity index (χ1n) is 7.39. The topological polar surface area (TPSA) is 55.4 Å². The molecule has 0 atom stereocenters. The lowest BCUT2D eigenvalue weighted by atomic mass is 9.85. The highest BCUT2D eigenvalue weighted by Crippen LogP contribution is 2.33. The number of hydrogen-bond acceptors (Lipinski definition) is 3. The highest BCUT2D eigenvalue weighted by Gasteiger charge is 2.31. The van der Waals surface area contributed by atoms with Crippen molar-refractivity contribution >= 4 is 52.4 Å². The van der Waals surface area contributed by atoms with Crippen molar-refractivity contribution in [3.05, 3.63) is 63.1 Å². The summed E-state index contributed by atoms with van der Waals surface area (Å²) in [6.45, 7) is 3.01. The third kappa shape index (κ3) is 4.88. The maximum absolute atomic E-state index is 12.3. The fourth-order valence-corrected chi connectivity index (χ4v) is 3.03. The van der Waals surface area contributed by atoms with Crippen LogP contribution in [0.25, 0.3) is 0 Å². The zero-order chi connectivity index (χ0) is 18.6. The van der Waals surface area contributed by atoms with Crippen LogP contribution in [0, 0.1) is 0 Å². The first-order valence-corrected chi connectivity index (χ1v) is 8.52. The third-order valence-corrected chi connectivity index (χ3v) is 4.43. The average Bonchev–Trinajstić information content (AvgIpc) is 2.56. The van der Waals surface area contributed by atoms with E-state index in [1.807, 2.05) is 30.3 Å². The van der Waals surface area contributed by atoms with Gasteiger partial charge in [0.2, 0.25) is 0 Å². The minimum atomic E-state index is -0.878. The molecule has 0 saturated heterocycles. The van der Waals surface area contributed by atoms with Crippen molar-refractivity contribution in [2.75, 3.05) is 11.9 Å². The zero-order valence-electron chi connectivity index (χ0n) is 13.6. The monoisotopic (exact) mass is 399 g/mol. The fourth-order valence-electron chi connectivity index (χ4n) is 2.12. The molecule has 132 valence electrons. The van der Waals surface area contributed by atoms with Crippen molar-refractivity contribution in [1.29, 1.82) is 0 Å². The van der Waals surface area contributed by atoms with Crippen molar-refractivity contribution in [3.63, 3.8) is 0 Å². The molecule has 0 unspecified atom stereocenters. The van der Waals surface area contributed by atoms with Crippen LogP contribution >= 0.6 is 34.8 Å². The lowest BCUT2D eigenvalue weighted by Crippen LogP contribution is -2.33.